The summed E-state index contributed by atoms with van der Waals surface area (Å²) < 4.78 is 0. The van der Waals surface area contributed by atoms with Crippen molar-refractivity contribution < 1.29 is 0 Å². The first-order valence-electron chi connectivity index (χ1n) is 4.22. The molecule has 0 saturated heterocycles. The Kier molecular flexibility index (Phi) is 7.08. The van der Waals surface area contributed by atoms with Crippen LogP contribution >= 0.6 is 0 Å². The molecule has 0 aromatic heterocycles. The van der Waals surface area contributed by atoms with E-state index in [2.05, 4.69) is 43.0 Å². The van der Waals surface area contributed by atoms with Gasteiger partial charge in [0.2, 0.25) is 0 Å². The Hall–Kier alpha value is -1.22. The van der Waals surface area contributed by atoms with E-state index in [1.54, 1.807) is 0 Å². The minimum Gasteiger partial charge on any atom is -0.107 e. The van der Waals surface area contributed by atoms with Crippen LogP contribution in [0, 0.1) is 11.8 Å². The van der Waals surface area contributed by atoms with Crippen LogP contribution in [0.2, 0.25) is 0 Å². The minimum absolute atomic E-state index is 1.14. The van der Waals surface area contributed by atoms with Crippen molar-refractivity contribution in [2.75, 3.05) is 0 Å². The molecule has 12 heavy (non-hydrogen) atoms. The quantitative estimate of drug-likeness (QED) is 0.553. The summed E-state index contributed by atoms with van der Waals surface area (Å²) in [6.45, 7) is 5.80. The van der Waals surface area contributed by atoms with Gasteiger partial charge in [-0.2, -0.15) is 0 Å². The van der Waals surface area contributed by atoms with Gasteiger partial charge < -0.3 is 0 Å². The number of benzene rings is 1. The molecule has 0 nitrogen and oxygen atoms in total. The summed E-state index contributed by atoms with van der Waals surface area (Å²) in [4.78, 5) is 0. The topological polar surface area (TPSA) is 0 Å². The van der Waals surface area contributed by atoms with Crippen LogP contribution < -0.4 is 0 Å². The van der Waals surface area contributed by atoms with Gasteiger partial charge in [-0.25, -0.2) is 0 Å². The molecule has 1 rings (SSSR count). The molecule has 0 aliphatic carbocycles. The second kappa shape index (κ2) is 7.88. The standard InChI is InChI=1S/C8H10.C4H6/c1-2-8-6-4-3-5-7-8;1-3-4-2/h3-7H,2H2,1H3;1-2H3. The van der Waals surface area contributed by atoms with Gasteiger partial charge in [0.15, 0.2) is 0 Å². The third-order valence-electron chi connectivity index (χ3n) is 1.50. The van der Waals surface area contributed by atoms with Gasteiger partial charge in [-0.05, 0) is 25.8 Å². The van der Waals surface area contributed by atoms with Crippen LogP contribution in [-0.4, -0.2) is 0 Å². The van der Waals surface area contributed by atoms with E-state index in [4.69, 9.17) is 0 Å². The molecule has 0 radical (unpaired) electrons. The molecule has 0 spiro atoms. The molecule has 0 aliphatic rings. The molecule has 0 heteroatoms. The average Bonchev–Trinajstić information content (AvgIpc) is 2.19. The molecule has 0 N–H and O–H groups in total. The number of rotatable bonds is 1. The first kappa shape index (κ1) is 10.8. The van der Waals surface area contributed by atoms with Crippen LogP contribution in [0.3, 0.4) is 0 Å². The third kappa shape index (κ3) is 5.56. The smallest absolute Gasteiger partial charge is 0.00271 e. The molecule has 0 atom stereocenters. The Morgan fingerprint density at radius 1 is 1.00 bits per heavy atom. The average molecular weight is 160 g/mol. The lowest BCUT2D eigenvalue weighted by Gasteiger charge is -1.89. The van der Waals surface area contributed by atoms with Gasteiger partial charge in [-0.3, -0.25) is 0 Å². The van der Waals surface area contributed by atoms with Gasteiger partial charge in [-0.15, -0.1) is 11.8 Å². The first-order chi connectivity index (χ1) is 5.85. The van der Waals surface area contributed by atoms with Gasteiger partial charge in [0.1, 0.15) is 0 Å². The molecule has 0 bridgehead atoms. The van der Waals surface area contributed by atoms with Crippen LogP contribution in [0.15, 0.2) is 30.3 Å². The number of aryl methyl sites for hydroxylation is 1. The molecule has 0 unspecified atom stereocenters. The molecule has 1 aromatic carbocycles. The second-order valence-electron chi connectivity index (χ2n) is 2.34. The van der Waals surface area contributed by atoms with Crippen LogP contribution in [0.4, 0.5) is 0 Å². The maximum absolute atomic E-state index is 2.68. The van der Waals surface area contributed by atoms with E-state index in [1.165, 1.54) is 5.56 Å². The second-order valence-corrected chi connectivity index (χ2v) is 2.34. The van der Waals surface area contributed by atoms with Gasteiger partial charge in [0.25, 0.3) is 0 Å². The fourth-order valence-corrected chi connectivity index (χ4v) is 0.714. The van der Waals surface area contributed by atoms with Crippen LogP contribution in [0.5, 0.6) is 0 Å². The summed E-state index contributed by atoms with van der Waals surface area (Å²) >= 11 is 0. The Labute approximate surface area is 75.6 Å². The Morgan fingerprint density at radius 3 is 1.75 bits per heavy atom. The van der Waals surface area contributed by atoms with E-state index in [0.29, 0.717) is 0 Å². The maximum atomic E-state index is 2.68. The molecule has 0 amide bonds. The number of hydrogen-bond acceptors (Lipinski definition) is 0. The summed E-state index contributed by atoms with van der Waals surface area (Å²) in [5.41, 5.74) is 1.41. The van der Waals surface area contributed by atoms with E-state index in [0.717, 1.165) is 6.42 Å². The molecule has 0 fully saturated rings. The van der Waals surface area contributed by atoms with E-state index < -0.39 is 0 Å². The fraction of sp³-hybridized carbons (Fsp3) is 0.333. The lowest BCUT2D eigenvalue weighted by molar-refractivity contribution is 1.14. The fourth-order valence-electron chi connectivity index (χ4n) is 0.714. The van der Waals surface area contributed by atoms with Crippen LogP contribution in [-0.2, 0) is 6.42 Å². The zero-order valence-corrected chi connectivity index (χ0v) is 8.09. The van der Waals surface area contributed by atoms with E-state index in [1.807, 2.05) is 19.9 Å². The van der Waals surface area contributed by atoms with E-state index >= 15 is 0 Å². The van der Waals surface area contributed by atoms with Gasteiger partial charge in [0.05, 0.1) is 0 Å². The summed E-state index contributed by atoms with van der Waals surface area (Å²) in [6.07, 6.45) is 1.14. The normalized spacial score (nSPS) is 7.25. The van der Waals surface area contributed by atoms with Crippen molar-refractivity contribution in [3.63, 3.8) is 0 Å². The summed E-state index contributed by atoms with van der Waals surface area (Å²) in [7, 11) is 0. The third-order valence-corrected chi connectivity index (χ3v) is 1.50. The SMILES string of the molecule is CC#CC.CCc1ccccc1. The van der Waals surface area contributed by atoms with Gasteiger partial charge >= 0.3 is 0 Å². The predicted molar refractivity (Wildman–Crippen MR) is 54.9 cm³/mol. The lowest BCUT2D eigenvalue weighted by atomic mass is 10.2. The maximum Gasteiger partial charge on any atom is -0.00271 e. The predicted octanol–water partition coefficient (Wildman–Crippen LogP) is 3.28. The molecule has 0 aliphatic heterocycles. The summed E-state index contributed by atoms with van der Waals surface area (Å²) in [5, 5.41) is 0. The summed E-state index contributed by atoms with van der Waals surface area (Å²) in [6, 6.07) is 10.5. The number of hydrogen-bond donors (Lipinski definition) is 0. The van der Waals surface area contributed by atoms with Crippen LogP contribution in [0.25, 0.3) is 0 Å². The largest absolute Gasteiger partial charge is 0.107 e. The molecule has 1 aromatic rings. The Morgan fingerprint density at radius 2 is 1.50 bits per heavy atom. The highest BCUT2D eigenvalue weighted by Gasteiger charge is 1.79. The zero-order chi connectivity index (χ0) is 9.23. The zero-order valence-electron chi connectivity index (χ0n) is 8.09. The van der Waals surface area contributed by atoms with E-state index in [-0.39, 0.29) is 0 Å². The monoisotopic (exact) mass is 160 g/mol. The Bertz CT molecular complexity index is 230. The van der Waals surface area contributed by atoms with Crippen LogP contribution in [0.1, 0.15) is 26.3 Å². The van der Waals surface area contributed by atoms with Crippen molar-refractivity contribution in [3.05, 3.63) is 35.9 Å². The highest BCUT2D eigenvalue weighted by Crippen LogP contribution is 1.96. The highest BCUT2D eigenvalue weighted by atomic mass is 13.9. The lowest BCUT2D eigenvalue weighted by Crippen LogP contribution is -1.73. The van der Waals surface area contributed by atoms with Crippen molar-refractivity contribution in [1.29, 1.82) is 0 Å². The van der Waals surface area contributed by atoms with Crippen molar-refractivity contribution in [1.82, 2.24) is 0 Å². The molecular formula is C12H16. The first-order valence-corrected chi connectivity index (χ1v) is 4.22. The highest BCUT2D eigenvalue weighted by molar-refractivity contribution is 5.13. The molecule has 64 valence electrons. The molecule has 0 heterocycles. The van der Waals surface area contributed by atoms with Crippen molar-refractivity contribution in [2.45, 2.75) is 27.2 Å². The van der Waals surface area contributed by atoms with Crippen molar-refractivity contribution >= 4 is 0 Å². The van der Waals surface area contributed by atoms with Crippen molar-refractivity contribution in [3.8, 4) is 11.8 Å². The minimum atomic E-state index is 1.14. The van der Waals surface area contributed by atoms with Gasteiger partial charge in [-0.1, -0.05) is 37.3 Å². The molecule has 0 saturated carbocycles. The van der Waals surface area contributed by atoms with E-state index in [9.17, 15) is 0 Å². The Balaban J connectivity index is 0.000000261. The van der Waals surface area contributed by atoms with Gasteiger partial charge in [0, 0.05) is 0 Å². The molecular weight excluding hydrogens is 144 g/mol. The summed E-state index contributed by atoms with van der Waals surface area (Å²) in [5.74, 6) is 5.36. The van der Waals surface area contributed by atoms with Crippen molar-refractivity contribution in [2.24, 2.45) is 0 Å².